The van der Waals surface area contributed by atoms with E-state index in [1.165, 1.54) is 0 Å². The lowest BCUT2D eigenvalue weighted by Gasteiger charge is -2.20. The zero-order valence-corrected chi connectivity index (χ0v) is 10.8. The van der Waals surface area contributed by atoms with Crippen LogP contribution in [0.25, 0.3) is 0 Å². The van der Waals surface area contributed by atoms with Gasteiger partial charge in [-0.25, -0.2) is 4.90 Å². The van der Waals surface area contributed by atoms with Gasteiger partial charge in [-0.3, -0.25) is 9.59 Å². The van der Waals surface area contributed by atoms with Crippen molar-refractivity contribution in [2.45, 2.75) is 19.8 Å². The Morgan fingerprint density at radius 3 is 2.68 bits per heavy atom. The summed E-state index contributed by atoms with van der Waals surface area (Å²) in [6.07, 6.45) is 6.17. The van der Waals surface area contributed by atoms with Crippen LogP contribution in [0.1, 0.15) is 19.8 Å². The topological polar surface area (TPSA) is 63.4 Å². The molecule has 2 N–H and O–H groups in total. The minimum absolute atomic E-state index is 0.311. The predicted molar refractivity (Wildman–Crippen MR) is 75.5 cm³/mol. The third-order valence-corrected chi connectivity index (χ3v) is 3.09. The molecule has 19 heavy (non-hydrogen) atoms. The molecule has 2 amide bonds. The van der Waals surface area contributed by atoms with Crippen LogP contribution in [0.15, 0.2) is 47.6 Å². The Kier molecular flexibility index (Phi) is 3.80. The number of hydrogen-bond acceptors (Lipinski definition) is 3. The number of hydrogen-bond donors (Lipinski definition) is 1. The molecule has 0 atom stereocenters. The first-order chi connectivity index (χ1) is 9.13. The highest BCUT2D eigenvalue weighted by atomic mass is 16.2. The summed E-state index contributed by atoms with van der Waals surface area (Å²) in [7, 11) is 0. The second-order valence-corrected chi connectivity index (χ2v) is 4.46. The van der Waals surface area contributed by atoms with Gasteiger partial charge in [0.15, 0.2) is 0 Å². The first-order valence-electron chi connectivity index (χ1n) is 6.15. The Labute approximate surface area is 112 Å². The summed E-state index contributed by atoms with van der Waals surface area (Å²) in [5.41, 5.74) is 8.17. The van der Waals surface area contributed by atoms with Gasteiger partial charge in [-0.1, -0.05) is 18.2 Å². The molecule has 0 aromatic heterocycles. The van der Waals surface area contributed by atoms with Crippen molar-refractivity contribution in [1.29, 1.82) is 0 Å². The van der Waals surface area contributed by atoms with E-state index in [1.54, 1.807) is 24.3 Å². The summed E-state index contributed by atoms with van der Waals surface area (Å²) in [4.78, 5) is 24.7. The van der Waals surface area contributed by atoms with Crippen molar-refractivity contribution in [2.24, 2.45) is 0 Å². The standard InChI is InChI=1S/C15H16N2O2/c1-11-5-2-3-8-14(11)15(19)17(10-18)13-7-4-6-12(16)9-13/h4-10H,2-3,16H2,1H3. The average Bonchev–Trinajstić information content (AvgIpc) is 2.40. The molecule has 0 radical (unpaired) electrons. The molecule has 4 nitrogen and oxygen atoms in total. The number of anilines is 2. The third-order valence-electron chi connectivity index (χ3n) is 3.09. The zero-order chi connectivity index (χ0) is 13.8. The minimum Gasteiger partial charge on any atom is -0.399 e. The molecule has 0 saturated carbocycles. The molecule has 0 heterocycles. The van der Waals surface area contributed by atoms with Gasteiger partial charge < -0.3 is 5.73 Å². The molecule has 0 aliphatic heterocycles. The molecule has 1 aromatic rings. The van der Waals surface area contributed by atoms with Crippen LogP contribution in [0.5, 0.6) is 0 Å². The molecule has 1 aliphatic carbocycles. The fourth-order valence-corrected chi connectivity index (χ4v) is 2.08. The number of carbonyl (C=O) groups is 2. The van der Waals surface area contributed by atoms with Gasteiger partial charge in [-0.05, 0) is 43.5 Å². The first kappa shape index (κ1) is 13.1. The molecular formula is C15H16N2O2. The molecular weight excluding hydrogens is 240 g/mol. The van der Waals surface area contributed by atoms with E-state index in [0.717, 1.165) is 23.3 Å². The molecule has 0 spiro atoms. The fraction of sp³-hybridized carbons (Fsp3) is 0.200. The number of carbonyl (C=O) groups excluding carboxylic acids is 2. The van der Waals surface area contributed by atoms with Crippen molar-refractivity contribution >= 4 is 23.7 Å². The maximum Gasteiger partial charge on any atom is 0.264 e. The largest absolute Gasteiger partial charge is 0.399 e. The Hall–Kier alpha value is -2.36. The summed E-state index contributed by atoms with van der Waals surface area (Å²) in [5, 5.41) is 0. The van der Waals surface area contributed by atoms with E-state index in [2.05, 4.69) is 0 Å². The van der Waals surface area contributed by atoms with E-state index in [4.69, 9.17) is 5.73 Å². The van der Waals surface area contributed by atoms with Gasteiger partial charge in [0.2, 0.25) is 6.41 Å². The van der Waals surface area contributed by atoms with Gasteiger partial charge in [0.25, 0.3) is 5.91 Å². The van der Waals surface area contributed by atoms with Crippen LogP contribution >= 0.6 is 0 Å². The van der Waals surface area contributed by atoms with Crippen molar-refractivity contribution < 1.29 is 9.59 Å². The van der Waals surface area contributed by atoms with Crippen LogP contribution in [0.3, 0.4) is 0 Å². The number of nitrogens with zero attached hydrogens (tertiary/aromatic N) is 1. The number of amides is 2. The van der Waals surface area contributed by atoms with E-state index in [-0.39, 0.29) is 5.91 Å². The monoisotopic (exact) mass is 256 g/mol. The molecule has 0 saturated heterocycles. The lowest BCUT2D eigenvalue weighted by molar-refractivity contribution is -0.119. The van der Waals surface area contributed by atoms with Crippen molar-refractivity contribution in [2.75, 3.05) is 10.6 Å². The molecule has 98 valence electrons. The Morgan fingerprint density at radius 1 is 1.32 bits per heavy atom. The normalized spacial score (nSPS) is 14.4. The van der Waals surface area contributed by atoms with Crippen molar-refractivity contribution in [3.8, 4) is 0 Å². The number of nitrogen functional groups attached to an aromatic ring is 1. The first-order valence-corrected chi connectivity index (χ1v) is 6.15. The molecule has 0 fully saturated rings. The molecule has 1 aromatic carbocycles. The number of allylic oxidation sites excluding steroid dienone is 2. The van der Waals surface area contributed by atoms with Gasteiger partial charge in [0, 0.05) is 11.3 Å². The van der Waals surface area contributed by atoms with Gasteiger partial charge in [-0.15, -0.1) is 0 Å². The summed E-state index contributed by atoms with van der Waals surface area (Å²) in [6, 6.07) is 6.72. The van der Waals surface area contributed by atoms with Gasteiger partial charge in [0.1, 0.15) is 0 Å². The summed E-state index contributed by atoms with van der Waals surface area (Å²) >= 11 is 0. The molecule has 0 unspecified atom stereocenters. The summed E-state index contributed by atoms with van der Waals surface area (Å²) < 4.78 is 0. The van der Waals surface area contributed by atoms with Crippen LogP contribution in [-0.2, 0) is 9.59 Å². The lowest BCUT2D eigenvalue weighted by Crippen LogP contribution is -2.31. The van der Waals surface area contributed by atoms with Crippen LogP contribution in [0, 0.1) is 0 Å². The molecule has 0 bridgehead atoms. The maximum absolute atomic E-state index is 12.4. The number of imide groups is 1. The van der Waals surface area contributed by atoms with Crippen LogP contribution in [0.4, 0.5) is 11.4 Å². The second-order valence-electron chi connectivity index (χ2n) is 4.46. The van der Waals surface area contributed by atoms with E-state index in [1.807, 2.05) is 19.1 Å². The van der Waals surface area contributed by atoms with Gasteiger partial charge in [0.05, 0.1) is 5.69 Å². The number of rotatable bonds is 3. The van der Waals surface area contributed by atoms with E-state index >= 15 is 0 Å². The van der Waals surface area contributed by atoms with Crippen LogP contribution < -0.4 is 10.6 Å². The van der Waals surface area contributed by atoms with Gasteiger partial charge >= 0.3 is 0 Å². The van der Waals surface area contributed by atoms with Crippen molar-refractivity contribution in [3.05, 3.63) is 47.6 Å². The summed E-state index contributed by atoms with van der Waals surface area (Å²) in [6.45, 7) is 1.88. The SMILES string of the molecule is CC1=CCCC=C1C(=O)N(C=O)c1cccc(N)c1. The highest BCUT2D eigenvalue weighted by Crippen LogP contribution is 2.24. The Bertz CT molecular complexity index is 573. The number of benzene rings is 1. The lowest BCUT2D eigenvalue weighted by atomic mass is 9.98. The van der Waals surface area contributed by atoms with Crippen molar-refractivity contribution in [1.82, 2.24) is 0 Å². The quantitative estimate of drug-likeness (QED) is 0.667. The highest BCUT2D eigenvalue weighted by Gasteiger charge is 2.21. The number of nitrogens with two attached hydrogens (primary N) is 1. The highest BCUT2D eigenvalue weighted by molar-refractivity contribution is 6.17. The molecule has 2 rings (SSSR count). The fourth-order valence-electron chi connectivity index (χ4n) is 2.08. The van der Waals surface area contributed by atoms with Crippen LogP contribution in [-0.4, -0.2) is 12.3 Å². The van der Waals surface area contributed by atoms with Crippen molar-refractivity contribution in [3.63, 3.8) is 0 Å². The predicted octanol–water partition coefficient (Wildman–Crippen LogP) is 2.42. The van der Waals surface area contributed by atoms with E-state index in [0.29, 0.717) is 23.4 Å². The zero-order valence-electron chi connectivity index (χ0n) is 10.8. The Balaban J connectivity index is 2.32. The average molecular weight is 256 g/mol. The maximum atomic E-state index is 12.4. The minimum atomic E-state index is -0.311. The molecule has 4 heteroatoms. The smallest absolute Gasteiger partial charge is 0.264 e. The van der Waals surface area contributed by atoms with Crippen LogP contribution in [0.2, 0.25) is 0 Å². The molecule has 1 aliphatic rings. The second kappa shape index (κ2) is 5.52. The summed E-state index contributed by atoms with van der Waals surface area (Å²) in [5.74, 6) is -0.311. The van der Waals surface area contributed by atoms with E-state index < -0.39 is 0 Å². The third kappa shape index (κ3) is 2.73. The van der Waals surface area contributed by atoms with Gasteiger partial charge in [-0.2, -0.15) is 0 Å². The Morgan fingerprint density at radius 2 is 2.05 bits per heavy atom. The van der Waals surface area contributed by atoms with E-state index in [9.17, 15) is 9.59 Å².